The zero-order chi connectivity index (χ0) is 27.2. The largest absolute Gasteiger partial charge is 0.298 e. The number of carbonyl (C=O) groups excluding carboxylic acids is 1. The Balaban J connectivity index is 1.23. The minimum atomic E-state index is -0.309. The number of aromatic nitrogens is 7. The number of benzene rings is 1. The summed E-state index contributed by atoms with van der Waals surface area (Å²) >= 11 is 1.36. The number of imidazole rings is 2. The molecule has 0 unspecified atom stereocenters. The van der Waals surface area contributed by atoms with Crippen LogP contribution in [0.2, 0.25) is 0 Å². The topological polar surface area (TPSA) is 90.3 Å². The van der Waals surface area contributed by atoms with Gasteiger partial charge in [-0.3, -0.25) is 14.2 Å². The van der Waals surface area contributed by atoms with Gasteiger partial charge in [-0.25, -0.2) is 23.9 Å². The van der Waals surface area contributed by atoms with Crippen molar-refractivity contribution >= 4 is 28.4 Å². The van der Waals surface area contributed by atoms with Crippen molar-refractivity contribution in [3.8, 4) is 33.2 Å². The van der Waals surface area contributed by atoms with Gasteiger partial charge in [0.1, 0.15) is 27.9 Å². The molecule has 0 aliphatic heterocycles. The highest BCUT2D eigenvalue weighted by Crippen LogP contribution is 2.32. The van der Waals surface area contributed by atoms with Gasteiger partial charge in [0, 0.05) is 29.7 Å². The van der Waals surface area contributed by atoms with E-state index in [1.54, 1.807) is 35.2 Å². The van der Waals surface area contributed by atoms with Gasteiger partial charge in [-0.15, -0.1) is 11.3 Å². The average Bonchev–Trinajstić information content (AvgIpc) is 3.68. The second kappa shape index (κ2) is 9.58. The van der Waals surface area contributed by atoms with Crippen LogP contribution in [-0.2, 0) is 6.42 Å². The molecule has 0 aliphatic carbocycles. The number of aryl methyl sites for hydroxylation is 1. The number of carbonyl (C=O) groups is 1. The Hall–Kier alpha value is -5.09. The van der Waals surface area contributed by atoms with Crippen LogP contribution in [0.4, 0.5) is 4.39 Å². The summed E-state index contributed by atoms with van der Waals surface area (Å²) in [6, 6.07) is 19.5. The molecule has 0 saturated heterocycles. The highest BCUT2D eigenvalue weighted by Gasteiger charge is 2.20. The van der Waals surface area contributed by atoms with Crippen molar-refractivity contribution < 1.29 is 9.18 Å². The van der Waals surface area contributed by atoms with E-state index in [1.807, 2.05) is 60.0 Å². The lowest BCUT2D eigenvalue weighted by atomic mass is 10.1. The number of pyridine rings is 2. The normalized spacial score (nSPS) is 11.4. The number of Topliss-reactive ketones (excluding diaryl/α,β-unsaturated/α-hetero) is 1. The summed E-state index contributed by atoms with van der Waals surface area (Å²) < 4.78 is 17.3. The summed E-state index contributed by atoms with van der Waals surface area (Å²) in [7, 11) is 0. The molecule has 194 valence electrons. The number of halogens is 1. The second-order valence-electron chi connectivity index (χ2n) is 9.27. The summed E-state index contributed by atoms with van der Waals surface area (Å²) in [4.78, 5) is 32.0. The first-order chi connectivity index (χ1) is 19.5. The van der Waals surface area contributed by atoms with Crippen molar-refractivity contribution in [1.82, 2.24) is 34.0 Å². The summed E-state index contributed by atoms with van der Waals surface area (Å²) in [5, 5.41) is 5.59. The molecule has 0 atom stereocenters. The molecule has 8 nitrogen and oxygen atoms in total. The van der Waals surface area contributed by atoms with Crippen molar-refractivity contribution in [2.75, 3.05) is 0 Å². The molecular formula is C30H20FN7OS. The number of hydrogen-bond acceptors (Lipinski definition) is 7. The maximum atomic E-state index is 13.6. The van der Waals surface area contributed by atoms with Crippen molar-refractivity contribution in [1.29, 1.82) is 0 Å². The van der Waals surface area contributed by atoms with Crippen molar-refractivity contribution in [2.45, 2.75) is 13.3 Å². The molecule has 7 aromatic rings. The molecule has 0 N–H and O–H groups in total. The molecule has 7 rings (SSSR count). The quantitative estimate of drug-likeness (QED) is 0.235. The maximum absolute atomic E-state index is 13.6. The number of nitrogens with zero attached hydrogens (tertiary/aromatic N) is 7. The van der Waals surface area contributed by atoms with Gasteiger partial charge < -0.3 is 0 Å². The third-order valence-electron chi connectivity index (χ3n) is 6.56. The van der Waals surface area contributed by atoms with Crippen LogP contribution in [0, 0.1) is 12.7 Å². The maximum Gasteiger partial charge on any atom is 0.180 e. The van der Waals surface area contributed by atoms with Crippen LogP contribution in [0.25, 0.3) is 44.5 Å². The van der Waals surface area contributed by atoms with Gasteiger partial charge in [0.15, 0.2) is 11.4 Å². The standard InChI is InChI=1S/C30H20FN7OS/c1-18-29(40-30(33-18)20-5-4-13-32-16-20)24(39)15-22-17-38-26(34-22)12-11-23(36-38)28-27(19-7-9-21(31)10-8-19)35-25-6-2-3-14-37(25)28/h2-14,16-17H,15H2,1H3. The predicted octanol–water partition coefficient (Wildman–Crippen LogP) is 6.10. The Kier molecular flexibility index (Phi) is 5.75. The Morgan fingerprint density at radius 3 is 2.62 bits per heavy atom. The minimum Gasteiger partial charge on any atom is -0.298 e. The van der Waals surface area contributed by atoms with E-state index in [9.17, 15) is 9.18 Å². The van der Waals surface area contributed by atoms with Crippen molar-refractivity contribution in [2.24, 2.45) is 0 Å². The summed E-state index contributed by atoms with van der Waals surface area (Å²) in [6.45, 7) is 1.84. The van der Waals surface area contributed by atoms with E-state index in [1.165, 1.54) is 23.5 Å². The fraction of sp³-hybridized carbons (Fsp3) is 0.0667. The lowest BCUT2D eigenvalue weighted by Gasteiger charge is -2.05. The molecule has 1 aromatic carbocycles. The number of thiazole rings is 1. The second-order valence-corrected chi connectivity index (χ2v) is 10.3. The molecular weight excluding hydrogens is 525 g/mol. The van der Waals surface area contributed by atoms with Crippen LogP contribution in [0.1, 0.15) is 21.1 Å². The fourth-order valence-electron chi connectivity index (χ4n) is 4.70. The average molecular weight is 546 g/mol. The third-order valence-corrected chi connectivity index (χ3v) is 7.81. The smallest absolute Gasteiger partial charge is 0.180 e. The highest BCUT2D eigenvalue weighted by atomic mass is 32.1. The Labute approximate surface area is 231 Å². The summed E-state index contributed by atoms with van der Waals surface area (Å²) in [6.07, 6.45) is 7.27. The summed E-state index contributed by atoms with van der Waals surface area (Å²) in [5.41, 5.74) is 6.48. The van der Waals surface area contributed by atoms with Gasteiger partial charge in [-0.1, -0.05) is 6.07 Å². The zero-order valence-electron chi connectivity index (χ0n) is 21.2. The van der Waals surface area contributed by atoms with E-state index < -0.39 is 0 Å². The Bertz CT molecular complexity index is 2030. The number of fused-ring (bicyclic) bond motifs is 2. The molecule has 6 heterocycles. The molecule has 0 radical (unpaired) electrons. The van der Waals surface area contributed by atoms with Gasteiger partial charge in [0.2, 0.25) is 0 Å². The molecule has 0 saturated carbocycles. The molecule has 0 aliphatic rings. The van der Waals surface area contributed by atoms with E-state index in [0.717, 1.165) is 27.5 Å². The molecule has 10 heteroatoms. The van der Waals surface area contributed by atoms with Crippen molar-refractivity contribution in [3.63, 3.8) is 0 Å². The van der Waals surface area contributed by atoms with Gasteiger partial charge in [-0.05, 0) is 67.6 Å². The number of ketones is 1. The lowest BCUT2D eigenvalue weighted by Crippen LogP contribution is -2.03. The van der Waals surface area contributed by atoms with Crippen molar-refractivity contribution in [3.05, 3.63) is 114 Å². The monoisotopic (exact) mass is 545 g/mol. The van der Waals surface area contributed by atoms with Gasteiger partial charge in [0.25, 0.3) is 0 Å². The minimum absolute atomic E-state index is 0.0471. The van der Waals surface area contributed by atoms with E-state index >= 15 is 0 Å². The van der Waals surface area contributed by atoms with E-state index in [0.29, 0.717) is 33.3 Å². The van der Waals surface area contributed by atoms with Crippen LogP contribution in [0.3, 0.4) is 0 Å². The Morgan fingerprint density at radius 2 is 1.80 bits per heavy atom. The fourth-order valence-corrected chi connectivity index (χ4v) is 5.70. The van der Waals surface area contributed by atoms with Gasteiger partial charge in [-0.2, -0.15) is 5.10 Å². The molecule has 0 bridgehead atoms. The SMILES string of the molecule is Cc1nc(-c2cccnc2)sc1C(=O)Cc1cn2nc(-c3c(-c4ccc(F)cc4)nc4ccccn34)ccc2n1. The lowest BCUT2D eigenvalue weighted by molar-refractivity contribution is 0.0995. The van der Waals surface area contributed by atoms with Crippen LogP contribution in [0.15, 0.2) is 91.5 Å². The highest BCUT2D eigenvalue weighted by molar-refractivity contribution is 7.17. The van der Waals surface area contributed by atoms with Gasteiger partial charge in [0.05, 0.1) is 34.6 Å². The first-order valence-corrected chi connectivity index (χ1v) is 13.3. The number of hydrogen-bond donors (Lipinski definition) is 0. The molecule has 0 amide bonds. The van der Waals surface area contributed by atoms with Gasteiger partial charge >= 0.3 is 0 Å². The first kappa shape index (κ1) is 24.0. The molecule has 0 spiro atoms. The van der Waals surface area contributed by atoms with E-state index in [2.05, 4.69) is 15.0 Å². The number of rotatable bonds is 6. The van der Waals surface area contributed by atoms with Crippen LogP contribution >= 0.6 is 11.3 Å². The molecule has 0 fully saturated rings. The zero-order valence-corrected chi connectivity index (χ0v) is 22.0. The Morgan fingerprint density at radius 1 is 0.925 bits per heavy atom. The third kappa shape index (κ3) is 4.24. The summed E-state index contributed by atoms with van der Waals surface area (Å²) in [5.74, 6) is -0.356. The van der Waals surface area contributed by atoms with Crippen LogP contribution < -0.4 is 0 Å². The predicted molar refractivity (Wildman–Crippen MR) is 151 cm³/mol. The molecule has 6 aromatic heterocycles. The van der Waals surface area contributed by atoms with Crippen LogP contribution in [0.5, 0.6) is 0 Å². The van der Waals surface area contributed by atoms with E-state index in [-0.39, 0.29) is 18.0 Å². The van der Waals surface area contributed by atoms with Crippen LogP contribution in [-0.4, -0.2) is 39.7 Å². The first-order valence-electron chi connectivity index (χ1n) is 12.5. The van der Waals surface area contributed by atoms with E-state index in [4.69, 9.17) is 10.1 Å². The molecule has 40 heavy (non-hydrogen) atoms.